The molecule has 0 aliphatic heterocycles. The number of carboxylic acid groups (broad SMARTS) is 1. The van der Waals surface area contributed by atoms with Gasteiger partial charge in [0.05, 0.1) is 5.41 Å². The molecule has 2 rings (SSSR count). The van der Waals surface area contributed by atoms with Gasteiger partial charge >= 0.3 is 5.97 Å². The van der Waals surface area contributed by atoms with E-state index in [4.69, 9.17) is 0 Å². The van der Waals surface area contributed by atoms with Crippen molar-refractivity contribution in [3.8, 4) is 5.75 Å². The smallest absolute Gasteiger partial charge is 0.314 e. The maximum absolute atomic E-state index is 13.5. The van der Waals surface area contributed by atoms with E-state index in [-0.39, 0.29) is 18.6 Å². The van der Waals surface area contributed by atoms with Crippen molar-refractivity contribution in [1.82, 2.24) is 0 Å². The van der Waals surface area contributed by atoms with E-state index in [1.807, 2.05) is 0 Å². The fourth-order valence-electron chi connectivity index (χ4n) is 2.49. The Bertz CT molecular complexity index is 432. The molecule has 0 radical (unpaired) electrons. The molecule has 1 aliphatic rings. The van der Waals surface area contributed by atoms with Gasteiger partial charge in [0, 0.05) is 12.8 Å². The number of phenols is 1. The van der Waals surface area contributed by atoms with Crippen LogP contribution in [0.3, 0.4) is 0 Å². The van der Waals surface area contributed by atoms with Gasteiger partial charge < -0.3 is 10.2 Å². The lowest BCUT2D eigenvalue weighted by atomic mass is 9.57. The van der Waals surface area contributed by atoms with Gasteiger partial charge in [-0.3, -0.25) is 4.79 Å². The Morgan fingerprint density at radius 3 is 2.50 bits per heavy atom. The highest BCUT2D eigenvalue weighted by Gasteiger charge is 2.58. The number of aliphatic carboxylic acids is 1. The summed E-state index contributed by atoms with van der Waals surface area (Å²) in [7, 11) is 0. The number of benzene rings is 1. The topological polar surface area (TPSA) is 57.5 Å². The van der Waals surface area contributed by atoms with Gasteiger partial charge in [0.15, 0.2) is 0 Å². The molecular formula is C12H13FO3. The molecule has 0 saturated heterocycles. The summed E-state index contributed by atoms with van der Waals surface area (Å²) in [5.74, 6) is -1.03. The fourth-order valence-corrected chi connectivity index (χ4v) is 2.49. The lowest BCUT2D eigenvalue weighted by molar-refractivity contribution is -0.155. The molecule has 1 aromatic carbocycles. The SMILES string of the molecule is CC1(F)CC(C(=O)O)(c2cccc(O)c2)C1. The van der Waals surface area contributed by atoms with E-state index in [1.165, 1.54) is 19.1 Å². The third-order valence-corrected chi connectivity index (χ3v) is 3.15. The van der Waals surface area contributed by atoms with Crippen molar-refractivity contribution in [2.75, 3.05) is 0 Å². The van der Waals surface area contributed by atoms with Gasteiger partial charge in [-0.25, -0.2) is 4.39 Å². The molecule has 1 saturated carbocycles. The van der Waals surface area contributed by atoms with Gasteiger partial charge in [-0.15, -0.1) is 0 Å². The van der Waals surface area contributed by atoms with Crippen molar-refractivity contribution >= 4 is 5.97 Å². The van der Waals surface area contributed by atoms with Gasteiger partial charge in [-0.1, -0.05) is 12.1 Å². The zero-order valence-corrected chi connectivity index (χ0v) is 8.90. The predicted octanol–water partition coefficient (Wildman–Crippen LogP) is 2.24. The molecule has 0 atom stereocenters. The first kappa shape index (κ1) is 10.9. The molecule has 1 aliphatic carbocycles. The van der Waals surface area contributed by atoms with Crippen molar-refractivity contribution in [1.29, 1.82) is 0 Å². The predicted molar refractivity (Wildman–Crippen MR) is 56.2 cm³/mol. The Morgan fingerprint density at radius 1 is 1.44 bits per heavy atom. The molecule has 0 unspecified atom stereocenters. The van der Waals surface area contributed by atoms with Gasteiger partial charge in [-0.05, 0) is 24.6 Å². The molecule has 1 aromatic rings. The zero-order chi connectivity index (χ0) is 12.0. The van der Waals surface area contributed by atoms with Crippen LogP contribution in [0.25, 0.3) is 0 Å². The first-order chi connectivity index (χ1) is 7.36. The number of phenolic OH excluding ortho intramolecular Hbond substituents is 1. The number of rotatable bonds is 2. The Morgan fingerprint density at radius 2 is 2.06 bits per heavy atom. The summed E-state index contributed by atoms with van der Waals surface area (Å²) < 4.78 is 13.5. The Kier molecular flexibility index (Phi) is 2.19. The second-order valence-electron chi connectivity index (χ2n) is 4.70. The molecule has 86 valence electrons. The van der Waals surface area contributed by atoms with Crippen molar-refractivity contribution in [3.05, 3.63) is 29.8 Å². The molecule has 0 bridgehead atoms. The average Bonchev–Trinajstić information content (AvgIpc) is 2.13. The number of aromatic hydroxyl groups is 1. The Balaban J connectivity index is 2.40. The minimum atomic E-state index is -1.43. The van der Waals surface area contributed by atoms with Crippen LogP contribution in [0.4, 0.5) is 4.39 Å². The van der Waals surface area contributed by atoms with E-state index in [9.17, 15) is 19.4 Å². The number of carboxylic acids is 1. The molecule has 0 spiro atoms. The van der Waals surface area contributed by atoms with Gasteiger partial charge in [-0.2, -0.15) is 0 Å². The van der Waals surface area contributed by atoms with Gasteiger partial charge in [0.1, 0.15) is 11.4 Å². The molecule has 0 heterocycles. The average molecular weight is 224 g/mol. The summed E-state index contributed by atoms with van der Waals surface area (Å²) in [6, 6.07) is 6.04. The van der Waals surface area contributed by atoms with Crippen LogP contribution < -0.4 is 0 Å². The standard InChI is InChI=1S/C12H13FO3/c1-11(13)6-12(7-11,10(15)16)8-3-2-4-9(14)5-8/h2-5,14H,6-7H2,1H3,(H,15,16). The van der Waals surface area contributed by atoms with Crippen molar-refractivity contribution in [2.45, 2.75) is 30.8 Å². The molecule has 0 aromatic heterocycles. The highest BCUT2D eigenvalue weighted by Crippen LogP contribution is 2.52. The fraction of sp³-hybridized carbons (Fsp3) is 0.417. The quantitative estimate of drug-likeness (QED) is 0.809. The molecular weight excluding hydrogens is 211 g/mol. The van der Waals surface area contributed by atoms with Crippen LogP contribution in [-0.2, 0) is 10.2 Å². The van der Waals surface area contributed by atoms with E-state index < -0.39 is 17.1 Å². The number of hydrogen-bond donors (Lipinski definition) is 2. The molecule has 4 heteroatoms. The van der Waals surface area contributed by atoms with Crippen LogP contribution in [0, 0.1) is 0 Å². The van der Waals surface area contributed by atoms with Crippen molar-refractivity contribution in [2.24, 2.45) is 0 Å². The maximum Gasteiger partial charge on any atom is 0.314 e. The molecule has 0 amide bonds. The normalized spacial score (nSPS) is 33.1. The van der Waals surface area contributed by atoms with Gasteiger partial charge in [0.2, 0.25) is 0 Å². The maximum atomic E-state index is 13.5. The van der Waals surface area contributed by atoms with Crippen molar-refractivity contribution in [3.63, 3.8) is 0 Å². The zero-order valence-electron chi connectivity index (χ0n) is 8.90. The Labute approximate surface area is 92.5 Å². The summed E-state index contributed by atoms with van der Waals surface area (Å²) >= 11 is 0. The Hall–Kier alpha value is -1.58. The van der Waals surface area contributed by atoms with Crippen LogP contribution in [0.5, 0.6) is 5.75 Å². The second-order valence-corrected chi connectivity index (χ2v) is 4.70. The minimum absolute atomic E-state index is 0.00517. The minimum Gasteiger partial charge on any atom is -0.508 e. The van der Waals surface area contributed by atoms with Crippen LogP contribution in [0.15, 0.2) is 24.3 Å². The van der Waals surface area contributed by atoms with E-state index in [2.05, 4.69) is 0 Å². The highest BCUT2D eigenvalue weighted by atomic mass is 19.1. The number of carbonyl (C=O) groups is 1. The number of alkyl halides is 1. The van der Waals surface area contributed by atoms with Gasteiger partial charge in [0.25, 0.3) is 0 Å². The molecule has 1 fully saturated rings. The third kappa shape index (κ3) is 1.54. The lowest BCUT2D eigenvalue weighted by Crippen LogP contribution is -2.55. The van der Waals surface area contributed by atoms with Crippen LogP contribution in [-0.4, -0.2) is 21.9 Å². The lowest BCUT2D eigenvalue weighted by Gasteiger charge is -2.47. The molecule has 2 N–H and O–H groups in total. The summed E-state index contributed by atoms with van der Waals surface area (Å²) in [6.45, 7) is 1.40. The third-order valence-electron chi connectivity index (χ3n) is 3.15. The van der Waals surface area contributed by atoms with Crippen LogP contribution in [0.1, 0.15) is 25.3 Å². The second kappa shape index (κ2) is 3.20. The van der Waals surface area contributed by atoms with E-state index in [0.717, 1.165) is 0 Å². The van der Waals surface area contributed by atoms with E-state index >= 15 is 0 Å². The van der Waals surface area contributed by atoms with Crippen LogP contribution >= 0.6 is 0 Å². The van der Waals surface area contributed by atoms with Crippen molar-refractivity contribution < 1.29 is 19.4 Å². The summed E-state index contributed by atoms with van der Waals surface area (Å²) in [5, 5.41) is 18.5. The van der Waals surface area contributed by atoms with E-state index in [1.54, 1.807) is 12.1 Å². The highest BCUT2D eigenvalue weighted by molar-refractivity contribution is 5.83. The molecule has 16 heavy (non-hydrogen) atoms. The first-order valence-corrected chi connectivity index (χ1v) is 5.08. The molecule has 3 nitrogen and oxygen atoms in total. The summed E-state index contributed by atoms with van der Waals surface area (Å²) in [5.41, 5.74) is -2.14. The first-order valence-electron chi connectivity index (χ1n) is 5.08. The largest absolute Gasteiger partial charge is 0.508 e. The number of hydrogen-bond acceptors (Lipinski definition) is 2. The van der Waals surface area contributed by atoms with E-state index in [0.29, 0.717) is 5.56 Å². The van der Waals surface area contributed by atoms with Crippen LogP contribution in [0.2, 0.25) is 0 Å². The summed E-state index contributed by atoms with van der Waals surface area (Å²) in [4.78, 5) is 11.3. The summed E-state index contributed by atoms with van der Waals surface area (Å²) in [6.07, 6.45) is -0.0857. The monoisotopic (exact) mass is 224 g/mol. The number of halogens is 1.